The highest BCUT2D eigenvalue weighted by atomic mass is 79.9. The van der Waals surface area contributed by atoms with Gasteiger partial charge in [-0.2, -0.15) is 5.10 Å². The van der Waals surface area contributed by atoms with E-state index in [0.29, 0.717) is 4.47 Å². The zero-order valence-electron chi connectivity index (χ0n) is 15.0. The number of phenolic OH excluding ortho intramolecular Hbond substituents is 1. The minimum absolute atomic E-state index is 0.0994. The SMILES string of the molecule is O=C(N/N=C\c1cc(Br)cc([N+](=O)[O-])c1O)C(c1ccccc1)c1ccccc1. The first-order chi connectivity index (χ1) is 14.0. The molecule has 0 aliphatic rings. The molecule has 0 aliphatic heterocycles. The van der Waals surface area contributed by atoms with Crippen LogP contribution in [0.3, 0.4) is 0 Å². The van der Waals surface area contributed by atoms with E-state index >= 15 is 0 Å². The summed E-state index contributed by atoms with van der Waals surface area (Å²) in [6.45, 7) is 0. The van der Waals surface area contributed by atoms with Crippen LogP contribution in [0.15, 0.2) is 82.4 Å². The summed E-state index contributed by atoms with van der Waals surface area (Å²) in [4.78, 5) is 23.2. The van der Waals surface area contributed by atoms with E-state index in [-0.39, 0.29) is 11.5 Å². The highest BCUT2D eigenvalue weighted by molar-refractivity contribution is 9.10. The Labute approximate surface area is 175 Å². The van der Waals surface area contributed by atoms with Gasteiger partial charge in [-0.05, 0) is 17.2 Å². The maximum absolute atomic E-state index is 12.9. The van der Waals surface area contributed by atoms with E-state index in [1.54, 1.807) is 0 Å². The second kappa shape index (κ2) is 9.11. The van der Waals surface area contributed by atoms with Gasteiger partial charge in [-0.1, -0.05) is 76.6 Å². The number of halogens is 1. The fraction of sp³-hybridized carbons (Fsp3) is 0.0476. The molecule has 0 unspecified atom stereocenters. The van der Waals surface area contributed by atoms with Gasteiger partial charge in [0.2, 0.25) is 5.75 Å². The van der Waals surface area contributed by atoms with Crippen molar-refractivity contribution in [1.82, 2.24) is 5.43 Å². The average Bonchev–Trinajstić information content (AvgIpc) is 2.72. The van der Waals surface area contributed by atoms with Crippen LogP contribution in [0, 0.1) is 10.1 Å². The van der Waals surface area contributed by atoms with Crippen molar-refractivity contribution >= 4 is 33.7 Å². The molecule has 0 aliphatic carbocycles. The first-order valence-electron chi connectivity index (χ1n) is 8.57. The molecule has 3 aromatic rings. The lowest BCUT2D eigenvalue weighted by atomic mass is 9.91. The van der Waals surface area contributed by atoms with Crippen LogP contribution in [0.25, 0.3) is 0 Å². The molecule has 0 atom stereocenters. The van der Waals surface area contributed by atoms with Gasteiger partial charge in [-0.3, -0.25) is 14.9 Å². The van der Waals surface area contributed by atoms with Crippen LogP contribution in [0.4, 0.5) is 5.69 Å². The third-order valence-electron chi connectivity index (χ3n) is 4.19. The van der Waals surface area contributed by atoms with Crippen LogP contribution in [-0.4, -0.2) is 22.2 Å². The smallest absolute Gasteiger partial charge is 0.312 e. The van der Waals surface area contributed by atoms with Crippen LogP contribution in [0.2, 0.25) is 0 Å². The monoisotopic (exact) mass is 453 g/mol. The lowest BCUT2D eigenvalue weighted by Crippen LogP contribution is -2.26. The van der Waals surface area contributed by atoms with E-state index in [4.69, 9.17) is 0 Å². The topological polar surface area (TPSA) is 105 Å². The third-order valence-corrected chi connectivity index (χ3v) is 4.64. The van der Waals surface area contributed by atoms with Gasteiger partial charge in [0.05, 0.1) is 17.1 Å². The van der Waals surface area contributed by atoms with Crippen LogP contribution in [0.1, 0.15) is 22.6 Å². The molecule has 3 aromatic carbocycles. The Hall–Kier alpha value is -3.52. The zero-order valence-corrected chi connectivity index (χ0v) is 16.6. The summed E-state index contributed by atoms with van der Waals surface area (Å²) in [5.74, 6) is -1.48. The number of nitrogens with zero attached hydrogens (tertiary/aromatic N) is 2. The molecule has 7 nitrogen and oxygen atoms in total. The van der Waals surface area contributed by atoms with Crippen molar-refractivity contribution < 1.29 is 14.8 Å². The van der Waals surface area contributed by atoms with E-state index in [2.05, 4.69) is 26.5 Å². The van der Waals surface area contributed by atoms with Crippen molar-refractivity contribution in [1.29, 1.82) is 0 Å². The second-order valence-electron chi connectivity index (χ2n) is 6.11. The molecular weight excluding hydrogens is 438 g/mol. The molecule has 0 bridgehead atoms. The van der Waals surface area contributed by atoms with E-state index in [1.165, 1.54) is 12.1 Å². The fourth-order valence-corrected chi connectivity index (χ4v) is 3.32. The molecule has 2 N–H and O–H groups in total. The average molecular weight is 454 g/mol. The Balaban J connectivity index is 1.86. The number of phenols is 1. The summed E-state index contributed by atoms with van der Waals surface area (Å²) in [6, 6.07) is 21.2. The number of benzene rings is 3. The maximum Gasteiger partial charge on any atom is 0.312 e. The van der Waals surface area contributed by atoms with Gasteiger partial charge in [0.15, 0.2) is 0 Å². The van der Waals surface area contributed by atoms with Gasteiger partial charge in [0.1, 0.15) is 0 Å². The van der Waals surface area contributed by atoms with Crippen molar-refractivity contribution in [3.05, 3.63) is 104 Å². The molecule has 0 fully saturated rings. The van der Waals surface area contributed by atoms with Gasteiger partial charge in [0, 0.05) is 16.1 Å². The highest BCUT2D eigenvalue weighted by Gasteiger charge is 2.22. The Morgan fingerprint density at radius 3 is 2.14 bits per heavy atom. The van der Waals surface area contributed by atoms with E-state index < -0.39 is 22.3 Å². The molecule has 0 radical (unpaired) electrons. The van der Waals surface area contributed by atoms with E-state index in [0.717, 1.165) is 17.3 Å². The summed E-state index contributed by atoms with van der Waals surface area (Å²) >= 11 is 3.16. The van der Waals surface area contributed by atoms with Gasteiger partial charge >= 0.3 is 5.69 Å². The molecule has 8 heteroatoms. The molecule has 0 saturated carbocycles. The molecule has 29 heavy (non-hydrogen) atoms. The summed E-state index contributed by atoms with van der Waals surface area (Å²) < 4.78 is 0.404. The first-order valence-corrected chi connectivity index (χ1v) is 9.36. The van der Waals surface area contributed by atoms with Crippen LogP contribution in [-0.2, 0) is 4.79 Å². The van der Waals surface area contributed by atoms with Gasteiger partial charge in [-0.25, -0.2) is 5.43 Å². The third kappa shape index (κ3) is 4.85. The highest BCUT2D eigenvalue weighted by Crippen LogP contribution is 2.32. The number of nitrogens with one attached hydrogen (secondary N) is 1. The summed E-state index contributed by atoms with van der Waals surface area (Å²) in [5, 5.41) is 25.0. The molecule has 3 rings (SSSR count). The number of amides is 1. The van der Waals surface area contributed by atoms with Crippen molar-refractivity contribution in [2.45, 2.75) is 5.92 Å². The number of hydrogen-bond donors (Lipinski definition) is 2. The van der Waals surface area contributed by atoms with Crippen LogP contribution in [0.5, 0.6) is 5.75 Å². The minimum atomic E-state index is -0.698. The first kappa shape index (κ1) is 20.2. The fourth-order valence-electron chi connectivity index (χ4n) is 2.86. The maximum atomic E-state index is 12.9. The molecule has 146 valence electrons. The number of carbonyl (C=O) groups is 1. The minimum Gasteiger partial charge on any atom is -0.502 e. The number of carbonyl (C=O) groups excluding carboxylic acids is 1. The number of rotatable bonds is 6. The van der Waals surface area contributed by atoms with Crippen molar-refractivity contribution in [3.8, 4) is 5.75 Å². The number of nitro groups is 1. The molecular formula is C21H16BrN3O4. The zero-order chi connectivity index (χ0) is 20.8. The lowest BCUT2D eigenvalue weighted by molar-refractivity contribution is -0.385. The number of nitro benzene ring substituents is 1. The summed E-state index contributed by atoms with van der Waals surface area (Å²) in [7, 11) is 0. The number of aromatic hydroxyl groups is 1. The van der Waals surface area contributed by atoms with Gasteiger partial charge < -0.3 is 5.11 Å². The molecule has 1 amide bonds. The quantitative estimate of drug-likeness (QED) is 0.328. The lowest BCUT2D eigenvalue weighted by Gasteiger charge is -2.16. The Bertz CT molecular complexity index is 1020. The molecule has 0 heterocycles. The molecule has 0 saturated heterocycles. The number of hydrogen-bond acceptors (Lipinski definition) is 5. The van der Waals surface area contributed by atoms with Crippen LogP contribution < -0.4 is 5.43 Å². The molecule has 0 aromatic heterocycles. The Morgan fingerprint density at radius 2 is 1.62 bits per heavy atom. The van der Waals surface area contributed by atoms with Crippen molar-refractivity contribution in [3.63, 3.8) is 0 Å². The summed E-state index contributed by atoms with van der Waals surface area (Å²) in [6.07, 6.45) is 1.16. The van der Waals surface area contributed by atoms with Gasteiger partial charge in [-0.15, -0.1) is 0 Å². The van der Waals surface area contributed by atoms with Crippen LogP contribution >= 0.6 is 15.9 Å². The standard InChI is InChI=1S/C21H16BrN3O4/c22-17-11-16(20(26)18(12-17)25(28)29)13-23-24-21(27)19(14-7-3-1-4-8-14)15-9-5-2-6-10-15/h1-13,19,26H,(H,24,27)/b23-13-. The van der Waals surface area contributed by atoms with E-state index in [9.17, 15) is 20.0 Å². The predicted octanol–water partition coefficient (Wildman–Crippen LogP) is 4.35. The largest absolute Gasteiger partial charge is 0.502 e. The van der Waals surface area contributed by atoms with E-state index in [1.807, 2.05) is 60.7 Å². The summed E-state index contributed by atoms with van der Waals surface area (Å²) in [5.41, 5.74) is 3.69. The Morgan fingerprint density at radius 1 is 1.07 bits per heavy atom. The van der Waals surface area contributed by atoms with Crippen molar-refractivity contribution in [2.24, 2.45) is 5.10 Å². The number of hydrazone groups is 1. The second-order valence-corrected chi connectivity index (χ2v) is 7.02. The normalized spacial score (nSPS) is 11.0. The van der Waals surface area contributed by atoms with Gasteiger partial charge in [0.25, 0.3) is 5.91 Å². The van der Waals surface area contributed by atoms with Crippen molar-refractivity contribution in [2.75, 3.05) is 0 Å². The predicted molar refractivity (Wildman–Crippen MR) is 113 cm³/mol. The molecule has 0 spiro atoms. The Kier molecular flexibility index (Phi) is 6.36.